The molecule has 0 fully saturated rings. The number of hydrogen-bond acceptors (Lipinski definition) is 5. The number of halogens is 1. The summed E-state index contributed by atoms with van der Waals surface area (Å²) < 4.78 is 1.34. The van der Waals surface area contributed by atoms with E-state index in [1.807, 2.05) is 0 Å². The molecule has 2 rings (SSSR count). The zero-order chi connectivity index (χ0) is 17.5. The van der Waals surface area contributed by atoms with Gasteiger partial charge in [0.15, 0.2) is 0 Å². The van der Waals surface area contributed by atoms with E-state index in [9.17, 15) is 19.3 Å². The molecule has 2 aromatic rings. The van der Waals surface area contributed by atoms with Gasteiger partial charge in [0.1, 0.15) is 0 Å². The smallest absolute Gasteiger partial charge is 0.306 e. The largest absolute Gasteiger partial charge is 0.344 e. The molecule has 1 aromatic carbocycles. The van der Waals surface area contributed by atoms with Crippen molar-refractivity contribution in [2.75, 3.05) is 17.7 Å². The number of alkyl halides is 1. The first-order chi connectivity index (χ1) is 11.5. The normalized spacial score (nSPS) is 10.2. The third-order valence-corrected chi connectivity index (χ3v) is 3.25. The Morgan fingerprint density at radius 3 is 2.54 bits per heavy atom. The Bertz CT molecular complexity index is 830. The monoisotopic (exact) mass is 351 g/mol. The summed E-state index contributed by atoms with van der Waals surface area (Å²) in [5, 5.41) is 5.77. The van der Waals surface area contributed by atoms with E-state index in [4.69, 9.17) is 11.6 Å². The van der Waals surface area contributed by atoms with Gasteiger partial charge >= 0.3 is 11.7 Å². The number of carbonyl (C=O) groups is 1. The van der Waals surface area contributed by atoms with Gasteiger partial charge in [0.2, 0.25) is 0 Å². The SMILES string of the molecule is O=NN(CCCl)C(=O)Nc1ccc(Cn2ccc(=O)[nH]c2=O)cc1. The summed E-state index contributed by atoms with van der Waals surface area (Å²) >= 11 is 5.47. The maximum Gasteiger partial charge on any atom is 0.344 e. The quantitative estimate of drug-likeness (QED) is 0.464. The predicted octanol–water partition coefficient (Wildman–Crippen LogP) is 1.34. The number of aromatic nitrogens is 2. The van der Waals surface area contributed by atoms with Gasteiger partial charge < -0.3 is 5.32 Å². The molecule has 126 valence electrons. The number of carbonyl (C=O) groups excluding carboxylic acids is 1. The summed E-state index contributed by atoms with van der Waals surface area (Å²) in [6, 6.07) is 7.21. The van der Waals surface area contributed by atoms with Crippen LogP contribution in [0.1, 0.15) is 5.56 Å². The zero-order valence-corrected chi connectivity index (χ0v) is 13.2. The van der Waals surface area contributed by atoms with Gasteiger partial charge in [-0.1, -0.05) is 12.1 Å². The highest BCUT2D eigenvalue weighted by atomic mass is 35.5. The topological polar surface area (TPSA) is 117 Å². The van der Waals surface area contributed by atoms with Gasteiger partial charge in [-0.3, -0.25) is 14.3 Å². The number of aromatic amines is 1. The van der Waals surface area contributed by atoms with Gasteiger partial charge in [-0.15, -0.1) is 16.5 Å². The number of hydrogen-bond donors (Lipinski definition) is 2. The minimum absolute atomic E-state index is 0.00407. The fraction of sp³-hybridized carbons (Fsp3) is 0.214. The highest BCUT2D eigenvalue weighted by molar-refractivity contribution is 6.18. The summed E-state index contributed by atoms with van der Waals surface area (Å²) in [4.78, 5) is 47.1. The number of anilines is 1. The van der Waals surface area contributed by atoms with Gasteiger partial charge in [-0.2, -0.15) is 5.01 Å². The van der Waals surface area contributed by atoms with Gasteiger partial charge in [0.05, 0.1) is 18.4 Å². The summed E-state index contributed by atoms with van der Waals surface area (Å²) in [5.74, 6) is 0.0893. The van der Waals surface area contributed by atoms with Crippen LogP contribution in [-0.4, -0.2) is 33.0 Å². The lowest BCUT2D eigenvalue weighted by atomic mass is 10.2. The lowest BCUT2D eigenvalue weighted by molar-refractivity contribution is 0.216. The minimum Gasteiger partial charge on any atom is -0.306 e. The van der Waals surface area contributed by atoms with Crippen LogP contribution in [0.2, 0.25) is 0 Å². The molecular weight excluding hydrogens is 338 g/mol. The molecule has 0 unspecified atom stereocenters. The molecule has 0 radical (unpaired) electrons. The van der Waals surface area contributed by atoms with Crippen molar-refractivity contribution in [2.45, 2.75) is 6.54 Å². The van der Waals surface area contributed by atoms with Gasteiger partial charge in [0.25, 0.3) is 5.56 Å². The molecule has 24 heavy (non-hydrogen) atoms. The molecule has 2 amide bonds. The molecule has 1 aromatic heterocycles. The minimum atomic E-state index is -0.685. The summed E-state index contributed by atoms with van der Waals surface area (Å²) in [7, 11) is 0. The Balaban J connectivity index is 2.05. The van der Waals surface area contributed by atoms with E-state index in [0.717, 1.165) is 5.56 Å². The first-order valence-electron chi connectivity index (χ1n) is 6.90. The predicted molar refractivity (Wildman–Crippen MR) is 89.1 cm³/mol. The van der Waals surface area contributed by atoms with Crippen molar-refractivity contribution in [3.8, 4) is 0 Å². The molecule has 9 nitrogen and oxygen atoms in total. The Hall–Kier alpha value is -2.94. The van der Waals surface area contributed by atoms with Gasteiger partial charge in [-0.25, -0.2) is 9.59 Å². The van der Waals surface area contributed by atoms with E-state index in [0.29, 0.717) is 10.7 Å². The Labute approximate surface area is 140 Å². The van der Waals surface area contributed by atoms with Crippen LogP contribution in [0.4, 0.5) is 10.5 Å². The van der Waals surface area contributed by atoms with E-state index in [-0.39, 0.29) is 19.0 Å². The number of urea groups is 1. The summed E-state index contributed by atoms with van der Waals surface area (Å²) in [6.45, 7) is 0.266. The molecule has 0 saturated carbocycles. The average Bonchev–Trinajstić information content (AvgIpc) is 2.56. The summed E-state index contributed by atoms with van der Waals surface area (Å²) in [6.07, 6.45) is 1.40. The molecule has 1 heterocycles. The number of nitroso groups, excluding NO2 is 1. The zero-order valence-electron chi connectivity index (χ0n) is 12.4. The number of amides is 2. The van der Waals surface area contributed by atoms with Crippen molar-refractivity contribution in [3.63, 3.8) is 0 Å². The van der Waals surface area contributed by atoms with E-state index in [1.165, 1.54) is 16.8 Å². The molecule has 0 aliphatic heterocycles. The molecular formula is C14H14ClN5O4. The highest BCUT2D eigenvalue weighted by Crippen LogP contribution is 2.11. The fourth-order valence-electron chi connectivity index (χ4n) is 1.91. The molecule has 0 aliphatic rings. The van der Waals surface area contributed by atoms with Crippen molar-refractivity contribution < 1.29 is 4.79 Å². The van der Waals surface area contributed by atoms with Crippen LogP contribution in [0.25, 0.3) is 0 Å². The Morgan fingerprint density at radius 2 is 1.96 bits per heavy atom. The maximum atomic E-state index is 11.8. The molecule has 10 heteroatoms. The first-order valence-corrected chi connectivity index (χ1v) is 7.43. The molecule has 0 atom stereocenters. The molecule has 0 bridgehead atoms. The Morgan fingerprint density at radius 1 is 1.25 bits per heavy atom. The van der Waals surface area contributed by atoms with Crippen LogP contribution in [0.3, 0.4) is 0 Å². The third-order valence-electron chi connectivity index (χ3n) is 3.08. The Kier molecular flexibility index (Phi) is 5.85. The second kappa shape index (κ2) is 8.06. The van der Waals surface area contributed by atoms with Crippen molar-refractivity contribution in [1.82, 2.24) is 14.6 Å². The number of H-pyrrole nitrogens is 1. The van der Waals surface area contributed by atoms with Crippen LogP contribution in [0.15, 0.2) is 51.4 Å². The van der Waals surface area contributed by atoms with Crippen molar-refractivity contribution >= 4 is 23.3 Å². The summed E-state index contributed by atoms with van der Waals surface area (Å²) in [5.41, 5.74) is 0.280. The van der Waals surface area contributed by atoms with Crippen LogP contribution >= 0.6 is 11.6 Å². The second-order valence-corrected chi connectivity index (χ2v) is 5.14. The van der Waals surface area contributed by atoms with Crippen LogP contribution in [0.5, 0.6) is 0 Å². The lowest BCUT2D eigenvalue weighted by Gasteiger charge is -2.13. The molecule has 0 spiro atoms. The number of nitrogens with one attached hydrogen (secondary N) is 2. The van der Waals surface area contributed by atoms with Gasteiger partial charge in [-0.05, 0) is 17.7 Å². The molecule has 0 aliphatic carbocycles. The third kappa shape index (κ3) is 4.53. The highest BCUT2D eigenvalue weighted by Gasteiger charge is 2.13. The van der Waals surface area contributed by atoms with Crippen LogP contribution in [0, 0.1) is 4.91 Å². The van der Waals surface area contributed by atoms with Crippen molar-refractivity contribution in [1.29, 1.82) is 0 Å². The van der Waals surface area contributed by atoms with E-state index < -0.39 is 17.3 Å². The molecule has 0 saturated heterocycles. The van der Waals surface area contributed by atoms with Crippen molar-refractivity contribution in [2.24, 2.45) is 5.29 Å². The van der Waals surface area contributed by atoms with E-state index in [1.54, 1.807) is 24.3 Å². The number of nitrogens with zero attached hydrogens (tertiary/aromatic N) is 3. The standard InChI is InChI=1S/C14H14ClN5O4/c15-6-8-20(18-24)14(23)16-11-3-1-10(2-4-11)9-19-7-5-12(21)17-13(19)22/h1-5,7H,6,8-9H2,(H,16,23)(H,17,21,22). The second-order valence-electron chi connectivity index (χ2n) is 4.76. The first kappa shape index (κ1) is 17.4. The van der Waals surface area contributed by atoms with Gasteiger partial charge in [0, 0.05) is 23.8 Å². The average molecular weight is 352 g/mol. The van der Waals surface area contributed by atoms with Crippen LogP contribution < -0.4 is 16.6 Å². The lowest BCUT2D eigenvalue weighted by Crippen LogP contribution is -2.31. The van der Waals surface area contributed by atoms with Crippen LogP contribution in [-0.2, 0) is 6.54 Å². The number of rotatable bonds is 6. The number of benzene rings is 1. The van der Waals surface area contributed by atoms with E-state index in [2.05, 4.69) is 15.6 Å². The molecule has 2 N–H and O–H groups in total. The maximum absolute atomic E-state index is 11.8. The fourth-order valence-corrected chi connectivity index (χ4v) is 2.07. The van der Waals surface area contributed by atoms with Crippen molar-refractivity contribution in [3.05, 3.63) is 67.8 Å². The van der Waals surface area contributed by atoms with E-state index >= 15 is 0 Å².